The van der Waals surface area contributed by atoms with Crippen molar-refractivity contribution in [1.82, 2.24) is 5.32 Å². The van der Waals surface area contributed by atoms with Crippen molar-refractivity contribution in [3.63, 3.8) is 0 Å². The van der Waals surface area contributed by atoms with Gasteiger partial charge in [-0.15, -0.1) is 6.58 Å². The van der Waals surface area contributed by atoms with Crippen molar-refractivity contribution >= 4 is 0 Å². The Kier molecular flexibility index (Phi) is 8.11. The highest BCUT2D eigenvalue weighted by Gasteiger charge is 2.10. The summed E-state index contributed by atoms with van der Waals surface area (Å²) in [6.07, 6.45) is 5.77. The summed E-state index contributed by atoms with van der Waals surface area (Å²) in [5.74, 6) is 1.66. The van der Waals surface area contributed by atoms with Crippen LogP contribution in [0.25, 0.3) is 0 Å². The molecule has 0 heterocycles. The van der Waals surface area contributed by atoms with Gasteiger partial charge in [0.25, 0.3) is 0 Å². The summed E-state index contributed by atoms with van der Waals surface area (Å²) in [6, 6.07) is 0. The van der Waals surface area contributed by atoms with Crippen LogP contribution < -0.4 is 5.32 Å². The lowest BCUT2D eigenvalue weighted by molar-refractivity contribution is 0.342. The minimum Gasteiger partial charge on any atom is -0.317 e. The van der Waals surface area contributed by atoms with Crippen molar-refractivity contribution in [1.29, 1.82) is 0 Å². The van der Waals surface area contributed by atoms with E-state index >= 15 is 0 Å². The second kappa shape index (κ2) is 8.31. The fourth-order valence-electron chi connectivity index (χ4n) is 1.46. The first-order valence-corrected chi connectivity index (χ1v) is 5.54. The number of allylic oxidation sites excluding steroid dienone is 1. The first-order chi connectivity index (χ1) is 6.22. The Bertz CT molecular complexity index is 120. The van der Waals surface area contributed by atoms with Gasteiger partial charge in [-0.05, 0) is 44.2 Å². The first kappa shape index (κ1) is 12.7. The van der Waals surface area contributed by atoms with Gasteiger partial charge < -0.3 is 5.32 Å². The van der Waals surface area contributed by atoms with Crippen LogP contribution in [0.4, 0.5) is 0 Å². The van der Waals surface area contributed by atoms with Crippen molar-refractivity contribution in [2.45, 2.75) is 40.0 Å². The van der Waals surface area contributed by atoms with Crippen LogP contribution in [0.5, 0.6) is 0 Å². The number of hydrogen-bond donors (Lipinski definition) is 1. The van der Waals surface area contributed by atoms with Crippen LogP contribution in [-0.2, 0) is 0 Å². The molecule has 1 heteroatoms. The van der Waals surface area contributed by atoms with Gasteiger partial charge in [0.15, 0.2) is 0 Å². The highest BCUT2D eigenvalue weighted by atomic mass is 14.8. The average molecular weight is 183 g/mol. The molecule has 2 atom stereocenters. The molecule has 0 spiro atoms. The van der Waals surface area contributed by atoms with Gasteiger partial charge in [-0.25, -0.2) is 0 Å². The fraction of sp³-hybridized carbons (Fsp3) is 0.833. The molecule has 0 aromatic heterocycles. The molecule has 0 aromatic rings. The lowest BCUT2D eigenvalue weighted by Gasteiger charge is -2.19. The highest BCUT2D eigenvalue weighted by molar-refractivity contribution is 4.71. The predicted molar refractivity (Wildman–Crippen MR) is 60.9 cm³/mol. The van der Waals surface area contributed by atoms with Crippen molar-refractivity contribution in [3.05, 3.63) is 12.7 Å². The first-order valence-electron chi connectivity index (χ1n) is 5.54. The Hall–Kier alpha value is -0.300. The Morgan fingerprint density at radius 3 is 2.38 bits per heavy atom. The topological polar surface area (TPSA) is 12.0 Å². The van der Waals surface area contributed by atoms with Gasteiger partial charge in [0.2, 0.25) is 0 Å². The molecule has 1 nitrogen and oxygen atoms in total. The highest BCUT2D eigenvalue weighted by Crippen LogP contribution is 2.19. The Balaban J connectivity index is 3.43. The average Bonchev–Trinajstić information content (AvgIpc) is 2.14. The molecule has 1 N–H and O–H groups in total. The van der Waals surface area contributed by atoms with Gasteiger partial charge in [0, 0.05) is 0 Å². The second-order valence-electron chi connectivity index (χ2n) is 3.96. The van der Waals surface area contributed by atoms with Gasteiger partial charge in [-0.1, -0.05) is 26.8 Å². The Morgan fingerprint density at radius 1 is 1.23 bits per heavy atom. The van der Waals surface area contributed by atoms with Crippen molar-refractivity contribution in [2.24, 2.45) is 11.8 Å². The molecule has 0 aliphatic rings. The third-order valence-corrected chi connectivity index (χ3v) is 2.82. The van der Waals surface area contributed by atoms with Crippen LogP contribution in [0.1, 0.15) is 40.0 Å². The maximum Gasteiger partial charge on any atom is -0.00464 e. The molecule has 0 radical (unpaired) electrons. The van der Waals surface area contributed by atoms with Gasteiger partial charge in [0.05, 0.1) is 0 Å². The van der Waals surface area contributed by atoms with E-state index < -0.39 is 0 Å². The third-order valence-electron chi connectivity index (χ3n) is 2.82. The smallest absolute Gasteiger partial charge is 0.00464 e. The predicted octanol–water partition coefficient (Wildman–Crippen LogP) is 3.22. The van der Waals surface area contributed by atoms with Gasteiger partial charge in [-0.2, -0.15) is 0 Å². The number of rotatable bonds is 8. The molecular weight excluding hydrogens is 158 g/mol. The molecule has 78 valence electrons. The minimum atomic E-state index is 0.830. The molecule has 0 fully saturated rings. The normalized spacial score (nSPS) is 15.3. The van der Waals surface area contributed by atoms with Crippen LogP contribution in [0.2, 0.25) is 0 Å². The van der Waals surface area contributed by atoms with E-state index in [1.165, 1.54) is 12.8 Å². The van der Waals surface area contributed by atoms with E-state index in [1.54, 1.807) is 0 Å². The molecule has 1 unspecified atom stereocenters. The Labute approximate surface area is 83.6 Å². The van der Waals surface area contributed by atoms with Crippen LogP contribution in [0.3, 0.4) is 0 Å². The summed E-state index contributed by atoms with van der Waals surface area (Å²) >= 11 is 0. The van der Waals surface area contributed by atoms with E-state index in [4.69, 9.17) is 0 Å². The molecule has 0 saturated heterocycles. The van der Waals surface area contributed by atoms with E-state index in [9.17, 15) is 0 Å². The molecule has 0 aromatic carbocycles. The second-order valence-corrected chi connectivity index (χ2v) is 3.96. The molecule has 0 bridgehead atoms. The summed E-state index contributed by atoms with van der Waals surface area (Å²) in [5.41, 5.74) is 0. The van der Waals surface area contributed by atoms with Crippen molar-refractivity contribution in [2.75, 3.05) is 13.1 Å². The lowest BCUT2D eigenvalue weighted by Crippen LogP contribution is -2.19. The SMILES string of the molecule is C=CCCC(C)[C@H](C)CCNCC. The van der Waals surface area contributed by atoms with Gasteiger partial charge in [0.1, 0.15) is 0 Å². The molecule has 0 aliphatic heterocycles. The maximum absolute atomic E-state index is 3.76. The van der Waals surface area contributed by atoms with Crippen LogP contribution in [-0.4, -0.2) is 13.1 Å². The van der Waals surface area contributed by atoms with E-state index in [1.807, 2.05) is 6.08 Å². The van der Waals surface area contributed by atoms with Crippen LogP contribution in [0, 0.1) is 11.8 Å². The monoisotopic (exact) mass is 183 g/mol. The standard InChI is InChI=1S/C12H25N/c1-5-7-8-11(3)12(4)9-10-13-6-2/h5,11-13H,1,6-10H2,2-4H3/t11?,12-/m1/s1. The summed E-state index contributed by atoms with van der Waals surface area (Å²) < 4.78 is 0. The molecule has 13 heavy (non-hydrogen) atoms. The minimum absolute atomic E-state index is 0.830. The third kappa shape index (κ3) is 6.83. The van der Waals surface area contributed by atoms with E-state index in [-0.39, 0.29) is 0 Å². The largest absolute Gasteiger partial charge is 0.317 e. The van der Waals surface area contributed by atoms with E-state index in [2.05, 4.69) is 32.7 Å². The quantitative estimate of drug-likeness (QED) is 0.450. The fourth-order valence-corrected chi connectivity index (χ4v) is 1.46. The number of nitrogens with one attached hydrogen (secondary N) is 1. The van der Waals surface area contributed by atoms with Crippen molar-refractivity contribution in [3.8, 4) is 0 Å². The zero-order valence-electron chi connectivity index (χ0n) is 9.47. The van der Waals surface area contributed by atoms with Crippen LogP contribution >= 0.6 is 0 Å². The molecule has 0 rings (SSSR count). The molecule has 0 saturated carbocycles. The molecule has 0 amide bonds. The van der Waals surface area contributed by atoms with Gasteiger partial charge >= 0.3 is 0 Å². The molecular formula is C12H25N. The lowest BCUT2D eigenvalue weighted by atomic mass is 9.89. The summed E-state index contributed by atoms with van der Waals surface area (Å²) in [5, 5.41) is 3.37. The summed E-state index contributed by atoms with van der Waals surface area (Å²) in [6.45, 7) is 12.9. The maximum atomic E-state index is 3.76. The van der Waals surface area contributed by atoms with E-state index in [0.717, 1.165) is 31.3 Å². The van der Waals surface area contributed by atoms with Gasteiger partial charge in [-0.3, -0.25) is 0 Å². The van der Waals surface area contributed by atoms with Crippen LogP contribution in [0.15, 0.2) is 12.7 Å². The van der Waals surface area contributed by atoms with E-state index in [0.29, 0.717) is 0 Å². The zero-order valence-corrected chi connectivity index (χ0v) is 9.47. The summed E-state index contributed by atoms with van der Waals surface area (Å²) in [7, 11) is 0. The summed E-state index contributed by atoms with van der Waals surface area (Å²) in [4.78, 5) is 0. The zero-order chi connectivity index (χ0) is 10.1. The molecule has 0 aliphatic carbocycles. The van der Waals surface area contributed by atoms with Crippen molar-refractivity contribution < 1.29 is 0 Å². The Morgan fingerprint density at radius 2 is 1.85 bits per heavy atom. The number of hydrogen-bond acceptors (Lipinski definition) is 1.